The molecule has 1 aliphatic rings. The van der Waals surface area contributed by atoms with Crippen molar-refractivity contribution in [2.75, 3.05) is 13.7 Å². The Bertz CT molecular complexity index is 1160. The summed E-state index contributed by atoms with van der Waals surface area (Å²) in [6.45, 7) is 0.704. The number of aromatic nitrogens is 2. The van der Waals surface area contributed by atoms with Gasteiger partial charge < -0.3 is 14.8 Å². The molecule has 0 atom stereocenters. The van der Waals surface area contributed by atoms with Crippen molar-refractivity contribution in [2.24, 2.45) is 0 Å². The third-order valence-electron chi connectivity index (χ3n) is 4.26. The maximum Gasteiger partial charge on any atom is 0.435 e. The van der Waals surface area contributed by atoms with Crippen LogP contribution < -0.4 is 14.8 Å². The van der Waals surface area contributed by atoms with Gasteiger partial charge in [-0.3, -0.25) is 4.79 Å². The molecule has 2 aromatic rings. The highest BCUT2D eigenvalue weighted by Crippen LogP contribution is 2.38. The molecule has 1 aromatic heterocycles. The molecule has 2 heterocycles. The van der Waals surface area contributed by atoms with Crippen LogP contribution in [0.15, 0.2) is 36.2 Å². The molecule has 168 valence electrons. The van der Waals surface area contributed by atoms with Gasteiger partial charge in [0.2, 0.25) is 24.3 Å². The monoisotopic (exact) mass is 457 g/mol. The summed E-state index contributed by atoms with van der Waals surface area (Å²) in [4.78, 5) is 24.3. The van der Waals surface area contributed by atoms with E-state index in [4.69, 9.17) is 9.47 Å². The third kappa shape index (κ3) is 4.55. The van der Waals surface area contributed by atoms with Gasteiger partial charge in [-0.05, 0) is 30.7 Å². The standard InChI is InChI=1S/C19H13F5N4O4/c1-9-13(17(29)25-10-4-3-7-28(30)8-10)18(27-26-16(9)19(22,23)24)32-12-6-5-11(20)14(21)15(12)31-2/h3-7H,8H2,1-2H3/p+1. The number of nitrogens with one attached hydrogen (secondary N) is 1. The van der Waals surface area contributed by atoms with Gasteiger partial charge in [0.1, 0.15) is 5.56 Å². The lowest BCUT2D eigenvalue weighted by atomic mass is 10.1. The molecule has 0 spiro atoms. The Morgan fingerprint density at radius 2 is 1.94 bits per heavy atom. The first-order chi connectivity index (χ1) is 15.0. The minimum absolute atomic E-state index is 0.0913. The van der Waals surface area contributed by atoms with Gasteiger partial charge in [-0.1, -0.05) is 0 Å². The van der Waals surface area contributed by atoms with Gasteiger partial charge in [-0.15, -0.1) is 10.2 Å². The second-order valence-electron chi connectivity index (χ2n) is 6.41. The van der Waals surface area contributed by atoms with Crippen LogP contribution in [0.25, 0.3) is 0 Å². The van der Waals surface area contributed by atoms with Crippen molar-refractivity contribution in [2.45, 2.75) is 13.1 Å². The first kappa shape index (κ1) is 22.8. The molecular formula is C19H14F5N4O4+. The predicted octanol–water partition coefficient (Wildman–Crippen LogP) is 3.80. The summed E-state index contributed by atoms with van der Waals surface area (Å²) < 4.78 is 77.9. The molecule has 0 aliphatic carbocycles. The molecule has 0 radical (unpaired) electrons. The van der Waals surface area contributed by atoms with Crippen LogP contribution in [0.5, 0.6) is 17.4 Å². The quantitative estimate of drug-likeness (QED) is 0.542. The molecule has 0 fully saturated rings. The number of methoxy groups -OCH3 is 1. The number of ether oxygens (including phenoxy) is 2. The Morgan fingerprint density at radius 3 is 2.56 bits per heavy atom. The molecule has 13 heteroatoms. The van der Waals surface area contributed by atoms with E-state index in [-0.39, 0.29) is 12.2 Å². The van der Waals surface area contributed by atoms with Crippen LogP contribution in [0.1, 0.15) is 21.6 Å². The van der Waals surface area contributed by atoms with Crippen molar-refractivity contribution < 1.29 is 41.0 Å². The zero-order chi connectivity index (χ0) is 23.6. The van der Waals surface area contributed by atoms with Crippen LogP contribution in [-0.2, 0) is 6.18 Å². The molecule has 0 saturated carbocycles. The largest absolute Gasteiger partial charge is 0.490 e. The average Bonchev–Trinajstić information content (AvgIpc) is 2.70. The van der Waals surface area contributed by atoms with Crippen molar-refractivity contribution in [3.05, 3.63) is 69.5 Å². The molecule has 0 unspecified atom stereocenters. The maximum atomic E-state index is 14.0. The van der Waals surface area contributed by atoms with E-state index in [1.807, 2.05) is 0 Å². The van der Waals surface area contributed by atoms with E-state index in [1.165, 1.54) is 18.4 Å². The minimum Gasteiger partial charge on any atom is -0.490 e. The lowest BCUT2D eigenvalue weighted by Crippen LogP contribution is -2.30. The summed E-state index contributed by atoms with van der Waals surface area (Å²) in [5, 5.41) is 8.71. The van der Waals surface area contributed by atoms with E-state index in [0.717, 1.165) is 20.1 Å². The second-order valence-corrected chi connectivity index (χ2v) is 6.41. The normalized spacial score (nSPS) is 13.6. The molecule has 1 amide bonds. The van der Waals surface area contributed by atoms with Crippen molar-refractivity contribution in [3.8, 4) is 17.4 Å². The van der Waals surface area contributed by atoms with E-state index >= 15 is 0 Å². The topological polar surface area (TPSA) is 93.4 Å². The Hall–Kier alpha value is -3.90. The van der Waals surface area contributed by atoms with Crippen LogP contribution in [-0.4, -0.2) is 34.5 Å². The number of hydrogen-bond donors (Lipinski definition) is 1. The van der Waals surface area contributed by atoms with Crippen molar-refractivity contribution >= 4 is 5.91 Å². The smallest absolute Gasteiger partial charge is 0.435 e. The molecule has 1 aromatic carbocycles. The number of allylic oxidation sites excluding steroid dienone is 2. The van der Waals surface area contributed by atoms with E-state index in [9.17, 15) is 31.7 Å². The number of hydrogen-bond acceptors (Lipinski definition) is 6. The van der Waals surface area contributed by atoms with Crippen molar-refractivity contribution in [1.29, 1.82) is 0 Å². The predicted molar refractivity (Wildman–Crippen MR) is 97.9 cm³/mol. The zero-order valence-corrected chi connectivity index (χ0v) is 16.5. The molecule has 32 heavy (non-hydrogen) atoms. The van der Waals surface area contributed by atoms with E-state index in [1.54, 1.807) is 0 Å². The molecule has 8 nitrogen and oxygen atoms in total. The van der Waals surface area contributed by atoms with E-state index < -0.39 is 57.9 Å². The van der Waals surface area contributed by atoms with Gasteiger partial charge >= 0.3 is 6.18 Å². The fourth-order valence-corrected chi connectivity index (χ4v) is 2.81. The molecular weight excluding hydrogens is 443 g/mol. The van der Waals surface area contributed by atoms with Crippen LogP contribution in [0.2, 0.25) is 0 Å². The maximum absolute atomic E-state index is 14.0. The molecule has 0 saturated heterocycles. The second kappa shape index (κ2) is 8.69. The Morgan fingerprint density at radius 1 is 1.22 bits per heavy atom. The fraction of sp³-hybridized carbons (Fsp3) is 0.211. The van der Waals surface area contributed by atoms with Crippen LogP contribution in [0.3, 0.4) is 0 Å². The van der Waals surface area contributed by atoms with Gasteiger partial charge in [0, 0.05) is 15.7 Å². The number of nitrogens with zero attached hydrogens (tertiary/aromatic N) is 3. The highest BCUT2D eigenvalue weighted by Gasteiger charge is 2.38. The van der Waals surface area contributed by atoms with Gasteiger partial charge in [0.05, 0.1) is 12.8 Å². The number of rotatable bonds is 5. The van der Waals surface area contributed by atoms with Gasteiger partial charge in [-0.25, -0.2) is 4.39 Å². The Balaban J connectivity index is 2.09. The Kier molecular flexibility index (Phi) is 6.18. The first-order valence-corrected chi connectivity index (χ1v) is 8.79. The zero-order valence-electron chi connectivity index (χ0n) is 16.5. The average molecular weight is 457 g/mol. The number of carbonyl (C=O) groups excluding carboxylic acids is 1. The first-order valence-electron chi connectivity index (χ1n) is 8.79. The van der Waals surface area contributed by atoms with Crippen molar-refractivity contribution in [1.82, 2.24) is 15.5 Å². The number of amides is 1. The Labute approximate surface area is 176 Å². The number of alkyl halides is 3. The highest BCUT2D eigenvalue weighted by atomic mass is 19.4. The van der Waals surface area contributed by atoms with Gasteiger partial charge in [0.25, 0.3) is 11.8 Å². The summed E-state index contributed by atoms with van der Waals surface area (Å²) in [6.07, 6.45) is -1.06. The summed E-state index contributed by atoms with van der Waals surface area (Å²) >= 11 is 0. The highest BCUT2D eigenvalue weighted by molar-refractivity contribution is 5.99. The van der Waals surface area contributed by atoms with Crippen LogP contribution in [0.4, 0.5) is 22.0 Å². The molecule has 1 N–H and O–H groups in total. The number of halogens is 5. The van der Waals surface area contributed by atoms with Gasteiger partial charge in [-0.2, -0.15) is 17.6 Å². The third-order valence-corrected chi connectivity index (χ3v) is 4.26. The molecule has 1 aliphatic heterocycles. The number of carbonyl (C=O) groups is 1. The molecule has 3 rings (SSSR count). The SMILES string of the molecule is COc1c(Oc2nnc(C(F)(F)F)c(C)c2C(=O)NC2=CC=C[N+](=O)C2)ccc(F)c1F. The van der Waals surface area contributed by atoms with Crippen LogP contribution in [0, 0.1) is 23.5 Å². The number of benzene rings is 1. The lowest BCUT2D eigenvalue weighted by molar-refractivity contribution is -0.472. The van der Waals surface area contributed by atoms with Gasteiger partial charge in [0.15, 0.2) is 17.3 Å². The summed E-state index contributed by atoms with van der Waals surface area (Å²) in [6, 6.07) is 1.64. The van der Waals surface area contributed by atoms with Crippen LogP contribution >= 0.6 is 0 Å². The van der Waals surface area contributed by atoms with E-state index in [2.05, 4.69) is 15.5 Å². The number of nitroso groups, excluding NO2 is 1. The van der Waals surface area contributed by atoms with Crippen molar-refractivity contribution in [3.63, 3.8) is 0 Å². The lowest BCUT2D eigenvalue weighted by Gasteiger charge is -2.17. The van der Waals surface area contributed by atoms with E-state index in [0.29, 0.717) is 10.8 Å². The molecule has 0 bridgehead atoms. The summed E-state index contributed by atoms with van der Waals surface area (Å²) in [5.41, 5.74) is -2.66. The minimum atomic E-state index is -4.94. The summed E-state index contributed by atoms with van der Waals surface area (Å²) in [5.74, 6) is -5.64. The fourth-order valence-electron chi connectivity index (χ4n) is 2.81. The summed E-state index contributed by atoms with van der Waals surface area (Å²) in [7, 11) is 1.01.